The Morgan fingerprint density at radius 3 is 2.77 bits per heavy atom. The van der Waals surface area contributed by atoms with Crippen LogP contribution in [0.5, 0.6) is 0 Å². The second kappa shape index (κ2) is 4.27. The molecule has 1 aromatic heterocycles. The fraction of sp³-hybridized carbons (Fsp3) is 0.571. The maximum absolute atomic E-state index is 10.2. The molecule has 6 heteroatoms. The average molecular weight is 202 g/mol. The van der Waals surface area contributed by atoms with Crippen LogP contribution >= 0.6 is 11.8 Å². The maximum Gasteiger partial charge on any atom is 0.314 e. The molecule has 0 aromatic carbocycles. The van der Waals surface area contributed by atoms with Crippen molar-refractivity contribution < 1.29 is 14.3 Å². The van der Waals surface area contributed by atoms with E-state index in [1.807, 2.05) is 13.8 Å². The van der Waals surface area contributed by atoms with Crippen molar-refractivity contribution in [3.8, 4) is 0 Å². The van der Waals surface area contributed by atoms with E-state index < -0.39 is 5.97 Å². The van der Waals surface area contributed by atoms with Gasteiger partial charge in [-0.05, 0) is 0 Å². The van der Waals surface area contributed by atoms with Crippen LogP contribution in [-0.2, 0) is 4.79 Å². The van der Waals surface area contributed by atoms with Gasteiger partial charge in [0.2, 0.25) is 5.89 Å². The number of hydrogen-bond donors (Lipinski definition) is 1. The Morgan fingerprint density at radius 1 is 1.62 bits per heavy atom. The van der Waals surface area contributed by atoms with Crippen molar-refractivity contribution in [2.75, 3.05) is 5.75 Å². The van der Waals surface area contributed by atoms with E-state index >= 15 is 0 Å². The fourth-order valence-corrected chi connectivity index (χ4v) is 1.13. The van der Waals surface area contributed by atoms with Gasteiger partial charge in [-0.25, -0.2) is 0 Å². The molecule has 1 heterocycles. The minimum absolute atomic E-state index is 0.0558. The van der Waals surface area contributed by atoms with Crippen molar-refractivity contribution >= 4 is 17.7 Å². The van der Waals surface area contributed by atoms with Crippen LogP contribution in [-0.4, -0.2) is 27.0 Å². The van der Waals surface area contributed by atoms with Crippen molar-refractivity contribution in [1.82, 2.24) is 10.2 Å². The van der Waals surface area contributed by atoms with Crippen molar-refractivity contribution in [1.29, 1.82) is 0 Å². The van der Waals surface area contributed by atoms with Gasteiger partial charge >= 0.3 is 5.97 Å². The van der Waals surface area contributed by atoms with E-state index in [0.29, 0.717) is 11.1 Å². The van der Waals surface area contributed by atoms with Gasteiger partial charge in [0.05, 0.1) is 0 Å². The van der Waals surface area contributed by atoms with E-state index in [1.54, 1.807) is 0 Å². The number of carboxylic acid groups (broad SMARTS) is 1. The molecular formula is C7H10N2O3S. The Bertz CT molecular complexity index is 298. The third-order valence-corrected chi connectivity index (χ3v) is 2.04. The van der Waals surface area contributed by atoms with Crippen molar-refractivity contribution in [3.63, 3.8) is 0 Å². The first-order valence-corrected chi connectivity index (χ1v) is 4.76. The van der Waals surface area contributed by atoms with Gasteiger partial charge in [0, 0.05) is 5.92 Å². The van der Waals surface area contributed by atoms with Gasteiger partial charge in [-0.15, -0.1) is 10.2 Å². The number of rotatable bonds is 4. The zero-order valence-electron chi connectivity index (χ0n) is 7.35. The molecule has 5 nitrogen and oxygen atoms in total. The summed E-state index contributed by atoms with van der Waals surface area (Å²) in [4.78, 5) is 10.2. The lowest BCUT2D eigenvalue weighted by Crippen LogP contribution is -1.97. The van der Waals surface area contributed by atoms with E-state index in [9.17, 15) is 4.79 Å². The molecule has 13 heavy (non-hydrogen) atoms. The summed E-state index contributed by atoms with van der Waals surface area (Å²) in [7, 11) is 0. The topological polar surface area (TPSA) is 76.2 Å². The number of nitrogens with zero attached hydrogens (tertiary/aromatic N) is 2. The summed E-state index contributed by atoms with van der Waals surface area (Å²) >= 11 is 1.03. The highest BCUT2D eigenvalue weighted by Crippen LogP contribution is 2.19. The lowest BCUT2D eigenvalue weighted by atomic mass is 10.2. The van der Waals surface area contributed by atoms with Gasteiger partial charge in [0.15, 0.2) is 0 Å². The second-order valence-electron chi connectivity index (χ2n) is 2.74. The molecule has 0 aliphatic rings. The summed E-state index contributed by atoms with van der Waals surface area (Å²) in [6.45, 7) is 3.86. The molecule has 0 fully saturated rings. The minimum atomic E-state index is -0.894. The van der Waals surface area contributed by atoms with Crippen LogP contribution in [0.2, 0.25) is 0 Å². The predicted molar refractivity (Wildman–Crippen MR) is 46.7 cm³/mol. The van der Waals surface area contributed by atoms with Crippen molar-refractivity contribution in [3.05, 3.63) is 5.89 Å². The molecule has 0 atom stereocenters. The van der Waals surface area contributed by atoms with E-state index in [4.69, 9.17) is 9.52 Å². The lowest BCUT2D eigenvalue weighted by Gasteiger charge is -1.93. The Hall–Kier alpha value is -1.04. The Morgan fingerprint density at radius 2 is 2.31 bits per heavy atom. The number of hydrogen-bond acceptors (Lipinski definition) is 5. The molecule has 0 radical (unpaired) electrons. The second-order valence-corrected chi connectivity index (χ2v) is 3.67. The first-order chi connectivity index (χ1) is 6.09. The predicted octanol–water partition coefficient (Wildman–Crippen LogP) is 1.37. The van der Waals surface area contributed by atoms with Crippen LogP contribution < -0.4 is 0 Å². The molecule has 72 valence electrons. The van der Waals surface area contributed by atoms with Crippen LogP contribution in [0.1, 0.15) is 25.7 Å². The van der Waals surface area contributed by atoms with Crippen LogP contribution in [0.4, 0.5) is 0 Å². The molecule has 1 rings (SSSR count). The summed E-state index contributed by atoms with van der Waals surface area (Å²) < 4.78 is 5.17. The lowest BCUT2D eigenvalue weighted by molar-refractivity contribution is -0.133. The normalized spacial score (nSPS) is 10.7. The van der Waals surface area contributed by atoms with E-state index in [1.165, 1.54) is 0 Å². The monoisotopic (exact) mass is 202 g/mol. The maximum atomic E-state index is 10.2. The largest absolute Gasteiger partial charge is 0.481 e. The Labute approximate surface area is 79.5 Å². The molecule has 0 saturated heterocycles. The highest BCUT2D eigenvalue weighted by atomic mass is 32.2. The number of carboxylic acids is 1. The summed E-state index contributed by atoms with van der Waals surface area (Å²) in [5.74, 6) is -0.242. The first kappa shape index (κ1) is 10.0. The first-order valence-electron chi connectivity index (χ1n) is 3.77. The average Bonchev–Trinajstić information content (AvgIpc) is 2.48. The van der Waals surface area contributed by atoms with Gasteiger partial charge in [0.25, 0.3) is 5.22 Å². The van der Waals surface area contributed by atoms with Crippen LogP contribution in [0.25, 0.3) is 0 Å². The number of carbonyl (C=O) groups is 1. The molecule has 1 aromatic rings. The zero-order valence-corrected chi connectivity index (χ0v) is 8.17. The summed E-state index contributed by atoms with van der Waals surface area (Å²) in [5, 5.41) is 16.1. The van der Waals surface area contributed by atoms with Gasteiger partial charge in [0.1, 0.15) is 5.75 Å². The Kier molecular flexibility index (Phi) is 3.30. The van der Waals surface area contributed by atoms with Gasteiger partial charge in [-0.1, -0.05) is 25.6 Å². The fourth-order valence-electron chi connectivity index (χ4n) is 0.636. The summed E-state index contributed by atoms with van der Waals surface area (Å²) in [6.07, 6.45) is 0. The molecule has 0 unspecified atom stereocenters. The van der Waals surface area contributed by atoms with Gasteiger partial charge in [-0.3, -0.25) is 4.79 Å². The SMILES string of the molecule is CC(C)c1nnc(SCC(=O)O)o1. The van der Waals surface area contributed by atoms with Crippen LogP contribution in [0.3, 0.4) is 0 Å². The summed E-state index contributed by atoms with van der Waals surface area (Å²) in [6, 6.07) is 0. The highest BCUT2D eigenvalue weighted by Gasteiger charge is 2.10. The van der Waals surface area contributed by atoms with Crippen LogP contribution in [0, 0.1) is 0 Å². The Balaban J connectivity index is 2.54. The van der Waals surface area contributed by atoms with Crippen LogP contribution in [0.15, 0.2) is 9.64 Å². The molecule has 1 N–H and O–H groups in total. The van der Waals surface area contributed by atoms with E-state index in [-0.39, 0.29) is 11.7 Å². The zero-order chi connectivity index (χ0) is 9.84. The van der Waals surface area contributed by atoms with Crippen molar-refractivity contribution in [2.24, 2.45) is 0 Å². The van der Waals surface area contributed by atoms with Crippen molar-refractivity contribution in [2.45, 2.75) is 25.0 Å². The standard InChI is InChI=1S/C7H10N2O3S/c1-4(2)6-8-9-7(12-6)13-3-5(10)11/h4H,3H2,1-2H3,(H,10,11). The van der Waals surface area contributed by atoms with E-state index in [0.717, 1.165) is 11.8 Å². The summed E-state index contributed by atoms with van der Waals surface area (Å²) in [5.41, 5.74) is 0. The third kappa shape index (κ3) is 3.06. The molecule has 0 bridgehead atoms. The molecule has 0 aliphatic carbocycles. The molecular weight excluding hydrogens is 192 g/mol. The minimum Gasteiger partial charge on any atom is -0.481 e. The molecule has 0 aliphatic heterocycles. The van der Waals surface area contributed by atoms with Gasteiger partial charge in [-0.2, -0.15) is 0 Å². The van der Waals surface area contributed by atoms with E-state index in [2.05, 4.69) is 10.2 Å². The molecule has 0 saturated carbocycles. The third-order valence-electron chi connectivity index (χ3n) is 1.24. The number of thioether (sulfide) groups is 1. The number of aromatic nitrogens is 2. The highest BCUT2D eigenvalue weighted by molar-refractivity contribution is 7.99. The quantitative estimate of drug-likeness (QED) is 0.743. The molecule has 0 amide bonds. The van der Waals surface area contributed by atoms with Gasteiger partial charge < -0.3 is 9.52 Å². The molecule has 0 spiro atoms. The smallest absolute Gasteiger partial charge is 0.314 e. The number of aliphatic carboxylic acids is 1.